The third-order valence-corrected chi connectivity index (χ3v) is 3.27. The summed E-state index contributed by atoms with van der Waals surface area (Å²) >= 11 is 0. The van der Waals surface area contributed by atoms with Gasteiger partial charge in [0, 0.05) is 19.2 Å². The monoisotopic (exact) mass is 250 g/mol. The molecule has 0 radical (unpaired) electrons. The van der Waals surface area contributed by atoms with Gasteiger partial charge in [0.05, 0.1) is 0 Å². The first kappa shape index (κ1) is 13.1. The Labute approximate surface area is 108 Å². The fourth-order valence-electron chi connectivity index (χ4n) is 2.33. The lowest BCUT2D eigenvalue weighted by molar-refractivity contribution is 0.128. The smallest absolute Gasteiger partial charge is 0.158 e. The first-order valence-corrected chi connectivity index (χ1v) is 6.73. The van der Waals surface area contributed by atoms with E-state index >= 15 is 0 Å². The topological polar surface area (TPSA) is 73.1 Å². The highest BCUT2D eigenvalue weighted by atomic mass is 16.5. The van der Waals surface area contributed by atoms with Crippen LogP contribution in [-0.2, 0) is 11.3 Å². The fraction of sp³-hybridized carbons (Fsp3) is 0.692. The summed E-state index contributed by atoms with van der Waals surface area (Å²) in [4.78, 5) is 8.56. The van der Waals surface area contributed by atoms with Crippen molar-refractivity contribution in [1.82, 2.24) is 9.97 Å². The van der Waals surface area contributed by atoms with E-state index in [1.54, 1.807) is 6.07 Å². The average molecular weight is 250 g/mol. The van der Waals surface area contributed by atoms with Gasteiger partial charge >= 0.3 is 0 Å². The van der Waals surface area contributed by atoms with Gasteiger partial charge in [-0.15, -0.1) is 0 Å². The van der Waals surface area contributed by atoms with Gasteiger partial charge in [0.1, 0.15) is 18.2 Å². The summed E-state index contributed by atoms with van der Waals surface area (Å²) in [5, 5.41) is 3.36. The molecule has 3 N–H and O–H groups in total. The largest absolute Gasteiger partial charge is 0.384 e. The molecule has 1 aromatic heterocycles. The highest BCUT2D eigenvalue weighted by molar-refractivity contribution is 5.44. The Morgan fingerprint density at radius 1 is 1.39 bits per heavy atom. The van der Waals surface area contributed by atoms with Crippen molar-refractivity contribution < 1.29 is 4.74 Å². The van der Waals surface area contributed by atoms with Crippen molar-refractivity contribution >= 4 is 11.6 Å². The molecule has 0 bridgehead atoms. The van der Waals surface area contributed by atoms with Crippen molar-refractivity contribution in [3.63, 3.8) is 0 Å². The lowest BCUT2D eigenvalue weighted by Gasteiger charge is -2.12. The number of nitrogens with zero attached hydrogens (tertiary/aromatic N) is 2. The molecule has 5 heteroatoms. The molecule has 1 aliphatic rings. The SMILES string of the molecule is CCOCc1nc(N)cc(NCC2CCCC2)n1. The maximum Gasteiger partial charge on any atom is 0.158 e. The predicted molar refractivity (Wildman–Crippen MR) is 72.2 cm³/mol. The Morgan fingerprint density at radius 2 is 2.17 bits per heavy atom. The highest BCUT2D eigenvalue weighted by Gasteiger charge is 2.14. The van der Waals surface area contributed by atoms with Gasteiger partial charge in [-0.3, -0.25) is 0 Å². The second kappa shape index (κ2) is 6.54. The maximum atomic E-state index is 5.77. The second-order valence-electron chi connectivity index (χ2n) is 4.76. The molecule has 5 nitrogen and oxygen atoms in total. The van der Waals surface area contributed by atoms with E-state index in [9.17, 15) is 0 Å². The summed E-state index contributed by atoms with van der Waals surface area (Å²) in [6, 6.07) is 1.78. The molecular weight excluding hydrogens is 228 g/mol. The Kier molecular flexibility index (Phi) is 4.75. The molecule has 1 aliphatic carbocycles. The van der Waals surface area contributed by atoms with Crippen molar-refractivity contribution in [3.05, 3.63) is 11.9 Å². The zero-order chi connectivity index (χ0) is 12.8. The zero-order valence-corrected chi connectivity index (χ0v) is 11.0. The molecule has 0 unspecified atom stereocenters. The zero-order valence-electron chi connectivity index (χ0n) is 11.0. The van der Waals surface area contributed by atoms with E-state index in [1.807, 2.05) is 6.92 Å². The van der Waals surface area contributed by atoms with Crippen LogP contribution in [0, 0.1) is 5.92 Å². The number of hydrogen-bond acceptors (Lipinski definition) is 5. The number of hydrogen-bond donors (Lipinski definition) is 2. The highest BCUT2D eigenvalue weighted by Crippen LogP contribution is 2.24. The Morgan fingerprint density at radius 3 is 2.89 bits per heavy atom. The fourth-order valence-corrected chi connectivity index (χ4v) is 2.33. The minimum atomic E-state index is 0.416. The number of aromatic nitrogens is 2. The molecule has 0 atom stereocenters. The molecule has 1 fully saturated rings. The van der Waals surface area contributed by atoms with E-state index in [2.05, 4.69) is 15.3 Å². The minimum absolute atomic E-state index is 0.416. The number of ether oxygens (including phenoxy) is 1. The van der Waals surface area contributed by atoms with E-state index in [1.165, 1.54) is 25.7 Å². The van der Waals surface area contributed by atoms with Crippen LogP contribution in [0.5, 0.6) is 0 Å². The van der Waals surface area contributed by atoms with Gasteiger partial charge < -0.3 is 15.8 Å². The van der Waals surface area contributed by atoms with E-state index in [0.29, 0.717) is 24.9 Å². The van der Waals surface area contributed by atoms with Gasteiger partial charge in [0.15, 0.2) is 5.82 Å². The number of anilines is 2. The molecule has 2 rings (SSSR count). The van der Waals surface area contributed by atoms with Crippen LogP contribution in [0.1, 0.15) is 38.4 Å². The lowest BCUT2D eigenvalue weighted by Crippen LogP contribution is -2.13. The maximum absolute atomic E-state index is 5.77. The normalized spacial score (nSPS) is 16.1. The summed E-state index contributed by atoms with van der Waals surface area (Å²) in [5.41, 5.74) is 5.77. The Bertz CT molecular complexity index is 377. The number of rotatable bonds is 6. The van der Waals surface area contributed by atoms with Gasteiger partial charge in [-0.2, -0.15) is 0 Å². The molecule has 0 aliphatic heterocycles. The first-order chi connectivity index (χ1) is 8.78. The van der Waals surface area contributed by atoms with Crippen molar-refractivity contribution in [1.29, 1.82) is 0 Å². The van der Waals surface area contributed by atoms with Crippen molar-refractivity contribution in [3.8, 4) is 0 Å². The summed E-state index contributed by atoms with van der Waals surface area (Å²) in [5.74, 6) is 2.72. The molecule has 1 heterocycles. The van der Waals surface area contributed by atoms with E-state index in [4.69, 9.17) is 10.5 Å². The average Bonchev–Trinajstić information content (AvgIpc) is 2.86. The van der Waals surface area contributed by atoms with Gasteiger partial charge in [-0.05, 0) is 25.7 Å². The summed E-state index contributed by atoms with van der Waals surface area (Å²) in [6.45, 7) is 4.00. The second-order valence-corrected chi connectivity index (χ2v) is 4.76. The van der Waals surface area contributed by atoms with Crippen LogP contribution in [0.15, 0.2) is 6.07 Å². The third kappa shape index (κ3) is 3.84. The summed E-state index contributed by atoms with van der Waals surface area (Å²) < 4.78 is 5.30. The lowest BCUT2D eigenvalue weighted by atomic mass is 10.1. The van der Waals surface area contributed by atoms with Crippen molar-refractivity contribution in [2.45, 2.75) is 39.2 Å². The van der Waals surface area contributed by atoms with E-state index in [0.717, 1.165) is 18.3 Å². The Hall–Kier alpha value is -1.36. The number of nitrogens with two attached hydrogens (primary N) is 1. The first-order valence-electron chi connectivity index (χ1n) is 6.73. The molecule has 1 saturated carbocycles. The van der Waals surface area contributed by atoms with Crippen LogP contribution in [0.4, 0.5) is 11.6 Å². The molecule has 0 saturated heterocycles. The van der Waals surface area contributed by atoms with Crippen LogP contribution in [-0.4, -0.2) is 23.1 Å². The number of nitrogen functional groups attached to an aromatic ring is 1. The molecule has 1 aromatic rings. The van der Waals surface area contributed by atoms with E-state index < -0.39 is 0 Å². The minimum Gasteiger partial charge on any atom is -0.384 e. The van der Waals surface area contributed by atoms with Crippen LogP contribution >= 0.6 is 0 Å². The van der Waals surface area contributed by atoms with Crippen LogP contribution in [0.3, 0.4) is 0 Å². The van der Waals surface area contributed by atoms with Crippen LogP contribution in [0.25, 0.3) is 0 Å². The third-order valence-electron chi connectivity index (χ3n) is 3.27. The van der Waals surface area contributed by atoms with Gasteiger partial charge in [-0.1, -0.05) is 12.8 Å². The van der Waals surface area contributed by atoms with Crippen molar-refractivity contribution in [2.24, 2.45) is 5.92 Å². The Balaban J connectivity index is 1.91. The quantitative estimate of drug-likeness (QED) is 0.809. The molecule has 0 amide bonds. The van der Waals surface area contributed by atoms with Crippen LogP contribution in [0.2, 0.25) is 0 Å². The molecule has 0 spiro atoms. The molecule has 100 valence electrons. The van der Waals surface area contributed by atoms with Crippen LogP contribution < -0.4 is 11.1 Å². The van der Waals surface area contributed by atoms with E-state index in [-0.39, 0.29) is 0 Å². The van der Waals surface area contributed by atoms with Gasteiger partial charge in [-0.25, -0.2) is 9.97 Å². The molecule has 0 aromatic carbocycles. The predicted octanol–water partition coefficient (Wildman–Crippen LogP) is 2.20. The summed E-state index contributed by atoms with van der Waals surface area (Å²) in [7, 11) is 0. The summed E-state index contributed by atoms with van der Waals surface area (Å²) in [6.07, 6.45) is 5.35. The molecular formula is C13H22N4O. The van der Waals surface area contributed by atoms with Gasteiger partial charge in [0.25, 0.3) is 0 Å². The number of nitrogens with one attached hydrogen (secondary N) is 1. The standard InChI is InChI=1S/C13H22N4O/c1-2-18-9-13-16-11(14)7-12(17-13)15-8-10-5-3-4-6-10/h7,10H,2-6,8-9H2,1H3,(H3,14,15,16,17). The van der Waals surface area contributed by atoms with Gasteiger partial charge in [0.2, 0.25) is 0 Å². The van der Waals surface area contributed by atoms with Crippen molar-refractivity contribution in [2.75, 3.05) is 24.2 Å². The molecule has 18 heavy (non-hydrogen) atoms.